The Bertz CT molecular complexity index is 488. The Kier molecular flexibility index (Phi) is 4.52. The van der Waals surface area contributed by atoms with Crippen LogP contribution in [0.15, 0.2) is 17.3 Å². The zero-order chi connectivity index (χ0) is 14.0. The lowest BCUT2D eigenvalue weighted by molar-refractivity contribution is 0.125. The van der Waals surface area contributed by atoms with Gasteiger partial charge >= 0.3 is 0 Å². The van der Waals surface area contributed by atoms with Crippen molar-refractivity contribution in [1.82, 2.24) is 14.5 Å². The van der Waals surface area contributed by atoms with Crippen LogP contribution in [0.5, 0.6) is 0 Å². The Balaban J connectivity index is 2.58. The van der Waals surface area contributed by atoms with Crippen LogP contribution in [0.3, 0.4) is 0 Å². The molecule has 0 spiro atoms. The summed E-state index contributed by atoms with van der Waals surface area (Å²) in [6.07, 6.45) is 2.52. The Morgan fingerprint density at radius 2 is 2.11 bits per heavy atom. The molecule has 1 atom stereocenters. The number of sulfonamides is 1. The monoisotopic (exact) mass is 275 g/mol. The van der Waals surface area contributed by atoms with Crippen LogP contribution < -0.4 is 4.72 Å². The zero-order valence-electron chi connectivity index (χ0n) is 11.2. The van der Waals surface area contributed by atoms with Gasteiger partial charge in [-0.15, -0.1) is 0 Å². The Hall–Kier alpha value is -0.920. The summed E-state index contributed by atoms with van der Waals surface area (Å²) in [6.45, 7) is 5.98. The van der Waals surface area contributed by atoms with Crippen molar-refractivity contribution in [3.8, 4) is 0 Å². The van der Waals surface area contributed by atoms with Gasteiger partial charge in [0.25, 0.3) is 0 Å². The highest BCUT2D eigenvalue weighted by Crippen LogP contribution is 2.20. The number of hydrogen-bond acceptors (Lipinski definition) is 4. The van der Waals surface area contributed by atoms with Gasteiger partial charge < -0.3 is 5.11 Å². The number of aromatic nitrogens is 2. The van der Waals surface area contributed by atoms with E-state index < -0.39 is 16.1 Å². The van der Waals surface area contributed by atoms with E-state index in [1.807, 2.05) is 20.8 Å². The lowest BCUT2D eigenvalue weighted by atomic mass is 9.89. The molecule has 1 aromatic rings. The highest BCUT2D eigenvalue weighted by molar-refractivity contribution is 7.89. The molecule has 0 radical (unpaired) electrons. The van der Waals surface area contributed by atoms with Crippen molar-refractivity contribution >= 4 is 10.0 Å². The van der Waals surface area contributed by atoms with Gasteiger partial charge in [0.2, 0.25) is 10.0 Å². The van der Waals surface area contributed by atoms with Gasteiger partial charge in [0.1, 0.15) is 4.90 Å². The van der Waals surface area contributed by atoms with E-state index in [1.54, 1.807) is 7.05 Å². The van der Waals surface area contributed by atoms with Crippen molar-refractivity contribution in [1.29, 1.82) is 0 Å². The second-order valence-electron chi connectivity index (χ2n) is 5.62. The maximum atomic E-state index is 11.8. The molecule has 18 heavy (non-hydrogen) atoms. The van der Waals surface area contributed by atoms with Gasteiger partial charge in [-0.1, -0.05) is 20.8 Å². The molecule has 2 N–H and O–H groups in total. The molecule has 6 nitrogen and oxygen atoms in total. The van der Waals surface area contributed by atoms with E-state index in [0.29, 0.717) is 6.42 Å². The third kappa shape index (κ3) is 4.75. The molecule has 0 bridgehead atoms. The van der Waals surface area contributed by atoms with E-state index in [4.69, 9.17) is 0 Å². The standard InChI is InChI=1S/C11H21N3O3S/c1-11(2,3)5-9(15)6-13-18(16,17)10-7-12-14(4)8-10/h7-9,13,15H,5-6H2,1-4H3. The summed E-state index contributed by atoms with van der Waals surface area (Å²) in [7, 11) is -1.94. The van der Waals surface area contributed by atoms with E-state index in [-0.39, 0.29) is 16.9 Å². The smallest absolute Gasteiger partial charge is 0.243 e. The minimum Gasteiger partial charge on any atom is -0.392 e. The number of aryl methyl sites for hydroxylation is 1. The number of rotatable bonds is 5. The molecular weight excluding hydrogens is 254 g/mol. The summed E-state index contributed by atoms with van der Waals surface area (Å²) >= 11 is 0. The van der Waals surface area contributed by atoms with Gasteiger partial charge in [-0.2, -0.15) is 5.10 Å². The van der Waals surface area contributed by atoms with Crippen molar-refractivity contribution < 1.29 is 13.5 Å². The molecule has 1 aromatic heterocycles. The van der Waals surface area contributed by atoms with Crippen LogP contribution in [0.25, 0.3) is 0 Å². The van der Waals surface area contributed by atoms with Gasteiger partial charge in [-0.3, -0.25) is 4.68 Å². The van der Waals surface area contributed by atoms with Crippen LogP contribution >= 0.6 is 0 Å². The van der Waals surface area contributed by atoms with Crippen LogP contribution in [0.1, 0.15) is 27.2 Å². The summed E-state index contributed by atoms with van der Waals surface area (Å²) < 4.78 is 27.5. The quantitative estimate of drug-likeness (QED) is 0.819. The molecule has 0 aliphatic carbocycles. The molecule has 104 valence electrons. The number of aliphatic hydroxyl groups excluding tert-OH is 1. The fourth-order valence-electron chi connectivity index (χ4n) is 1.61. The highest BCUT2D eigenvalue weighted by atomic mass is 32.2. The molecule has 0 aliphatic rings. The van der Waals surface area contributed by atoms with Gasteiger partial charge in [-0.05, 0) is 11.8 Å². The molecule has 0 aliphatic heterocycles. The van der Waals surface area contributed by atoms with Crippen LogP contribution in [-0.2, 0) is 17.1 Å². The van der Waals surface area contributed by atoms with E-state index in [1.165, 1.54) is 17.1 Å². The van der Waals surface area contributed by atoms with Crippen molar-refractivity contribution in [3.05, 3.63) is 12.4 Å². The summed E-state index contributed by atoms with van der Waals surface area (Å²) in [5.41, 5.74) is -0.0425. The first kappa shape index (κ1) is 15.1. The summed E-state index contributed by atoms with van der Waals surface area (Å²) in [6, 6.07) is 0. The predicted octanol–water partition coefficient (Wildman–Crippen LogP) is 0.495. The molecule has 0 saturated carbocycles. The Labute approximate surface area is 108 Å². The van der Waals surface area contributed by atoms with Crippen molar-refractivity contribution in [2.45, 2.75) is 38.2 Å². The van der Waals surface area contributed by atoms with Crippen molar-refractivity contribution in [2.24, 2.45) is 12.5 Å². The van der Waals surface area contributed by atoms with Crippen molar-refractivity contribution in [2.75, 3.05) is 6.54 Å². The molecule has 1 rings (SSSR count). The third-order valence-electron chi connectivity index (χ3n) is 2.35. The minimum absolute atomic E-state index is 0.00843. The summed E-state index contributed by atoms with van der Waals surface area (Å²) in [5, 5.41) is 13.6. The number of aliphatic hydroxyl groups is 1. The minimum atomic E-state index is -3.58. The third-order valence-corrected chi connectivity index (χ3v) is 3.73. The fraction of sp³-hybridized carbons (Fsp3) is 0.727. The predicted molar refractivity (Wildman–Crippen MR) is 68.5 cm³/mol. The van der Waals surface area contributed by atoms with Gasteiger partial charge in [0, 0.05) is 19.8 Å². The SMILES string of the molecule is Cn1cc(S(=O)(=O)NCC(O)CC(C)(C)C)cn1. The molecule has 1 heterocycles. The molecule has 0 amide bonds. The van der Waals surface area contributed by atoms with Gasteiger partial charge in [0.05, 0.1) is 12.3 Å². The van der Waals surface area contributed by atoms with E-state index >= 15 is 0 Å². The molecular formula is C11H21N3O3S. The second-order valence-corrected chi connectivity index (χ2v) is 7.39. The average molecular weight is 275 g/mol. The molecule has 1 unspecified atom stereocenters. The first-order valence-corrected chi connectivity index (χ1v) is 7.25. The normalized spacial score (nSPS) is 14.7. The molecule has 0 fully saturated rings. The zero-order valence-corrected chi connectivity index (χ0v) is 12.0. The largest absolute Gasteiger partial charge is 0.392 e. The van der Waals surface area contributed by atoms with E-state index in [2.05, 4.69) is 9.82 Å². The van der Waals surface area contributed by atoms with Crippen LogP contribution in [0.2, 0.25) is 0 Å². The molecule has 7 heteroatoms. The van der Waals surface area contributed by atoms with Gasteiger partial charge in [-0.25, -0.2) is 13.1 Å². The molecule has 0 saturated heterocycles. The summed E-state index contributed by atoms with van der Waals surface area (Å²) in [5.74, 6) is 0. The maximum absolute atomic E-state index is 11.8. The average Bonchev–Trinajstić information content (AvgIpc) is 2.60. The lowest BCUT2D eigenvalue weighted by Gasteiger charge is -2.22. The first-order valence-electron chi connectivity index (χ1n) is 5.76. The summed E-state index contributed by atoms with van der Waals surface area (Å²) in [4.78, 5) is 0.105. The topological polar surface area (TPSA) is 84.2 Å². The van der Waals surface area contributed by atoms with E-state index in [0.717, 1.165) is 0 Å². The Morgan fingerprint density at radius 3 is 2.56 bits per heavy atom. The van der Waals surface area contributed by atoms with E-state index in [9.17, 15) is 13.5 Å². The van der Waals surface area contributed by atoms with Crippen molar-refractivity contribution in [3.63, 3.8) is 0 Å². The number of nitrogens with zero attached hydrogens (tertiary/aromatic N) is 2. The number of nitrogens with one attached hydrogen (secondary N) is 1. The second kappa shape index (κ2) is 5.38. The van der Waals surface area contributed by atoms with Crippen LogP contribution in [0, 0.1) is 5.41 Å². The number of hydrogen-bond donors (Lipinski definition) is 2. The van der Waals surface area contributed by atoms with Crippen LogP contribution in [-0.4, -0.2) is 36.0 Å². The molecule has 0 aromatic carbocycles. The fourth-order valence-corrected chi connectivity index (χ4v) is 2.66. The van der Waals surface area contributed by atoms with Gasteiger partial charge in [0.15, 0.2) is 0 Å². The lowest BCUT2D eigenvalue weighted by Crippen LogP contribution is -2.34. The highest BCUT2D eigenvalue weighted by Gasteiger charge is 2.20. The first-order chi connectivity index (χ1) is 8.10. The van der Waals surface area contributed by atoms with Crippen LogP contribution in [0.4, 0.5) is 0 Å². The Morgan fingerprint density at radius 1 is 1.50 bits per heavy atom. The maximum Gasteiger partial charge on any atom is 0.243 e.